The van der Waals surface area contributed by atoms with Crippen LogP contribution in [0, 0.1) is 0 Å². The van der Waals surface area contributed by atoms with Gasteiger partial charge in [-0.25, -0.2) is 12.4 Å². The smallest absolute Gasteiger partial charge is 0.354 e. The second-order valence-corrected chi connectivity index (χ2v) is 7.96. The molecule has 130 valence electrons. The van der Waals surface area contributed by atoms with Gasteiger partial charge < -0.3 is 14.5 Å². The van der Waals surface area contributed by atoms with Crippen molar-refractivity contribution in [1.29, 1.82) is 0 Å². The average molecular weight is 359 g/mol. The third kappa shape index (κ3) is 2.17. The molecular formula is C18H17NO5S. The van der Waals surface area contributed by atoms with Crippen molar-refractivity contribution >= 4 is 20.9 Å². The van der Waals surface area contributed by atoms with Crippen molar-refractivity contribution in [1.82, 2.24) is 3.97 Å². The van der Waals surface area contributed by atoms with Gasteiger partial charge in [0.15, 0.2) is 0 Å². The van der Waals surface area contributed by atoms with Crippen LogP contribution < -0.4 is 5.26 Å². The van der Waals surface area contributed by atoms with E-state index >= 15 is 0 Å². The Labute approximate surface area is 145 Å². The molecular weight excluding hydrogens is 342 g/mol. The molecule has 0 amide bonds. The number of benzene rings is 2. The van der Waals surface area contributed by atoms with Crippen molar-refractivity contribution < 1.29 is 22.9 Å². The van der Waals surface area contributed by atoms with Crippen molar-refractivity contribution in [3.05, 3.63) is 66.4 Å². The van der Waals surface area contributed by atoms with Crippen LogP contribution in [0.15, 0.2) is 65.7 Å². The van der Waals surface area contributed by atoms with Gasteiger partial charge in [-0.2, -0.15) is 0 Å². The van der Waals surface area contributed by atoms with E-state index in [0.717, 1.165) is 0 Å². The van der Waals surface area contributed by atoms with Crippen molar-refractivity contribution in [2.24, 2.45) is 0 Å². The fraction of sp³-hybridized carbons (Fsp3) is 0.222. The highest BCUT2D eigenvalue weighted by atomic mass is 32.2. The molecule has 2 atom stereocenters. The third-order valence-corrected chi connectivity index (χ3v) is 6.42. The molecule has 0 bridgehead atoms. The maximum Gasteiger partial charge on any atom is 0.354 e. The lowest BCUT2D eigenvalue weighted by Gasteiger charge is -2.07. The highest BCUT2D eigenvalue weighted by molar-refractivity contribution is 7.90. The summed E-state index contributed by atoms with van der Waals surface area (Å²) in [6.07, 6.45) is 0.815. The molecule has 3 aromatic rings. The molecule has 1 aromatic heterocycles. The van der Waals surface area contributed by atoms with Gasteiger partial charge >= 0.3 is 6.29 Å². The lowest BCUT2D eigenvalue weighted by molar-refractivity contribution is -0.758. The molecule has 2 aromatic carbocycles. The second-order valence-electron chi connectivity index (χ2n) is 6.15. The van der Waals surface area contributed by atoms with Gasteiger partial charge in [0.1, 0.15) is 0 Å². The summed E-state index contributed by atoms with van der Waals surface area (Å²) in [5.74, 6) is 0. The maximum absolute atomic E-state index is 13.1. The lowest BCUT2D eigenvalue weighted by Crippen LogP contribution is -2.15. The van der Waals surface area contributed by atoms with E-state index < -0.39 is 21.9 Å². The zero-order valence-corrected chi connectivity index (χ0v) is 14.6. The summed E-state index contributed by atoms with van der Waals surface area (Å²) < 4.78 is 34.3. The Morgan fingerprint density at radius 1 is 1.12 bits per heavy atom. The minimum atomic E-state index is -3.77. The molecule has 25 heavy (non-hydrogen) atoms. The van der Waals surface area contributed by atoms with Gasteiger partial charge in [0.25, 0.3) is 15.6 Å². The zero-order valence-electron chi connectivity index (χ0n) is 13.7. The Hall–Kier alpha value is -2.19. The van der Waals surface area contributed by atoms with Crippen LogP contribution in [0.4, 0.5) is 0 Å². The van der Waals surface area contributed by atoms with Crippen LogP contribution in [0.3, 0.4) is 0 Å². The lowest BCUT2D eigenvalue weighted by atomic mass is 10.0. The molecule has 4 rings (SSSR count). The first-order chi connectivity index (χ1) is 11.9. The molecule has 1 fully saturated rings. The Kier molecular flexibility index (Phi) is 3.52. The summed E-state index contributed by atoms with van der Waals surface area (Å²) in [5, 5.41) is 12.8. The fourth-order valence-corrected chi connectivity index (χ4v) is 4.69. The minimum Gasteiger partial charge on any atom is -0.531 e. The maximum atomic E-state index is 13.1. The van der Waals surface area contributed by atoms with Crippen molar-refractivity contribution in [3.63, 3.8) is 0 Å². The molecule has 0 spiro atoms. The van der Waals surface area contributed by atoms with Gasteiger partial charge in [0.05, 0.1) is 16.0 Å². The van der Waals surface area contributed by atoms with Gasteiger partial charge in [-0.3, -0.25) is 0 Å². The van der Waals surface area contributed by atoms with Crippen molar-refractivity contribution in [3.8, 4) is 0 Å². The summed E-state index contributed by atoms with van der Waals surface area (Å²) >= 11 is 0. The summed E-state index contributed by atoms with van der Waals surface area (Å²) in [6, 6.07) is 15.4. The number of aromatic nitrogens is 1. The van der Waals surface area contributed by atoms with Crippen LogP contribution in [0.5, 0.6) is 0 Å². The minimum absolute atomic E-state index is 0.193. The van der Waals surface area contributed by atoms with E-state index in [4.69, 9.17) is 4.74 Å². The molecule has 1 aliphatic heterocycles. The molecule has 0 radical (unpaired) electrons. The van der Waals surface area contributed by atoms with Gasteiger partial charge in [-0.15, -0.1) is 0 Å². The average Bonchev–Trinajstić information content (AvgIpc) is 2.98. The number of methoxy groups -OCH3 is 1. The van der Waals surface area contributed by atoms with Crippen LogP contribution in [0.1, 0.15) is 12.5 Å². The Balaban J connectivity index is 1.96. The molecule has 0 aliphatic carbocycles. The summed E-state index contributed by atoms with van der Waals surface area (Å²) in [6.45, 7) is 1.72. The molecule has 2 heterocycles. The molecule has 0 unspecified atom stereocenters. The Morgan fingerprint density at radius 3 is 2.40 bits per heavy atom. The van der Waals surface area contributed by atoms with Crippen LogP contribution in [0.2, 0.25) is 0 Å². The summed E-state index contributed by atoms with van der Waals surface area (Å²) in [7, 11) is -2.32. The molecule has 0 saturated carbocycles. The monoisotopic (exact) mass is 359 g/mol. The van der Waals surface area contributed by atoms with Crippen molar-refractivity contribution in [2.75, 3.05) is 7.11 Å². The van der Waals surface area contributed by atoms with E-state index in [-0.39, 0.29) is 4.90 Å². The zero-order chi connectivity index (χ0) is 17.8. The molecule has 6 nitrogen and oxygen atoms in total. The van der Waals surface area contributed by atoms with Gasteiger partial charge in [0.2, 0.25) is 0 Å². The molecule has 0 N–H and O–H groups in total. The normalized spacial score (nSPS) is 23.9. The van der Waals surface area contributed by atoms with Gasteiger partial charge in [-0.1, -0.05) is 36.4 Å². The SMILES string of the molecule is CO[C@@H]1[O+]([O-])[C@@]1(C)c1cn(S(=O)(=O)c2ccccc2)c2ccccc12. The second kappa shape index (κ2) is 5.40. The molecule has 1 aliphatic rings. The van der Waals surface area contributed by atoms with Crippen LogP contribution in [0.25, 0.3) is 10.9 Å². The fourth-order valence-electron chi connectivity index (χ4n) is 3.30. The van der Waals surface area contributed by atoms with Crippen LogP contribution in [-0.2, 0) is 24.9 Å². The number of para-hydroxylation sites is 1. The number of fused-ring (bicyclic) bond motifs is 1. The van der Waals surface area contributed by atoms with Crippen LogP contribution >= 0.6 is 0 Å². The van der Waals surface area contributed by atoms with E-state index in [0.29, 0.717) is 16.5 Å². The number of ether oxygens (including phenoxy) is 1. The van der Waals surface area contributed by atoms with E-state index in [1.807, 2.05) is 12.1 Å². The van der Waals surface area contributed by atoms with Gasteiger partial charge in [-0.05, 0) is 18.2 Å². The Morgan fingerprint density at radius 2 is 1.76 bits per heavy atom. The van der Waals surface area contributed by atoms with E-state index in [1.54, 1.807) is 53.9 Å². The number of nitrogens with zero attached hydrogens (tertiary/aromatic N) is 1. The first kappa shape index (κ1) is 16.3. The highest BCUT2D eigenvalue weighted by Gasteiger charge is 2.70. The standard InChI is InChI=1S/C18H17NO5S/c1-18(17(23-2)24(18)20)15-12-19(16-11-7-6-10-14(15)16)25(21,22)13-8-4-3-5-9-13/h3-12,17H,1-2H3/t17-,18+/m1/s1. The topological polar surface area (TPSA) is 74.1 Å². The number of hydrogen-bond donors (Lipinski definition) is 0. The van der Waals surface area contributed by atoms with Crippen LogP contribution in [-0.4, -0.2) is 25.8 Å². The van der Waals surface area contributed by atoms with Gasteiger partial charge in [0, 0.05) is 25.6 Å². The predicted octanol–water partition coefficient (Wildman–Crippen LogP) is 1.91. The Bertz CT molecular complexity index is 1040. The van der Waals surface area contributed by atoms with E-state index in [2.05, 4.69) is 0 Å². The number of rotatable bonds is 4. The number of epoxide rings is 1. The first-order valence-corrected chi connectivity index (χ1v) is 9.21. The van der Waals surface area contributed by atoms with Crippen molar-refractivity contribution in [2.45, 2.75) is 23.7 Å². The quantitative estimate of drug-likeness (QED) is 0.405. The summed E-state index contributed by atoms with van der Waals surface area (Å²) in [5.41, 5.74) is 0.152. The first-order valence-electron chi connectivity index (χ1n) is 7.77. The number of hydrogen-bond acceptors (Lipinski definition) is 4. The third-order valence-electron chi connectivity index (χ3n) is 4.73. The van der Waals surface area contributed by atoms with E-state index in [1.165, 1.54) is 17.3 Å². The highest BCUT2D eigenvalue weighted by Crippen LogP contribution is 2.53. The van der Waals surface area contributed by atoms with E-state index in [9.17, 15) is 13.7 Å². The molecule has 7 heteroatoms. The molecule has 1 saturated heterocycles. The largest absolute Gasteiger partial charge is 0.531 e. The predicted molar refractivity (Wildman–Crippen MR) is 90.2 cm³/mol. The summed E-state index contributed by atoms with van der Waals surface area (Å²) in [4.78, 5) is 0.193.